The standard InChI is InChI=1S/C17H15FN2/c1-12-16(18)7-4-8-17(12)20-11-14-10-19-9-13-5-2-3-6-15(13)14/h2-10,20H,11H2,1H3. The molecular formula is C17H15FN2. The molecule has 0 fully saturated rings. The van der Waals surface area contributed by atoms with Crippen molar-refractivity contribution < 1.29 is 4.39 Å². The quantitative estimate of drug-likeness (QED) is 0.764. The monoisotopic (exact) mass is 266 g/mol. The van der Waals surface area contributed by atoms with Gasteiger partial charge in [-0.15, -0.1) is 0 Å². The third-order valence-corrected chi connectivity index (χ3v) is 3.49. The van der Waals surface area contributed by atoms with Gasteiger partial charge in [-0.05, 0) is 30.0 Å². The average molecular weight is 266 g/mol. The summed E-state index contributed by atoms with van der Waals surface area (Å²) in [7, 11) is 0. The molecular weight excluding hydrogens is 251 g/mol. The molecule has 3 rings (SSSR count). The summed E-state index contributed by atoms with van der Waals surface area (Å²) < 4.78 is 13.5. The molecule has 0 aliphatic carbocycles. The highest BCUT2D eigenvalue weighted by atomic mass is 19.1. The van der Waals surface area contributed by atoms with Gasteiger partial charge in [-0.3, -0.25) is 4.98 Å². The second-order valence-electron chi connectivity index (χ2n) is 4.79. The van der Waals surface area contributed by atoms with Crippen LogP contribution in [0, 0.1) is 12.7 Å². The first kappa shape index (κ1) is 12.6. The molecule has 1 N–H and O–H groups in total. The lowest BCUT2D eigenvalue weighted by atomic mass is 10.1. The Hall–Kier alpha value is -2.42. The van der Waals surface area contributed by atoms with Crippen LogP contribution in [0.4, 0.5) is 10.1 Å². The van der Waals surface area contributed by atoms with Crippen molar-refractivity contribution in [1.29, 1.82) is 0 Å². The van der Waals surface area contributed by atoms with Crippen molar-refractivity contribution in [2.45, 2.75) is 13.5 Å². The van der Waals surface area contributed by atoms with Crippen LogP contribution in [-0.2, 0) is 6.54 Å². The molecule has 0 bridgehead atoms. The van der Waals surface area contributed by atoms with E-state index in [1.54, 1.807) is 13.0 Å². The van der Waals surface area contributed by atoms with Crippen LogP contribution in [0.1, 0.15) is 11.1 Å². The van der Waals surface area contributed by atoms with Crippen molar-refractivity contribution >= 4 is 16.5 Å². The molecule has 0 aliphatic rings. The van der Waals surface area contributed by atoms with Crippen LogP contribution in [0.3, 0.4) is 0 Å². The van der Waals surface area contributed by atoms with Gasteiger partial charge in [0, 0.05) is 35.6 Å². The van der Waals surface area contributed by atoms with Gasteiger partial charge in [-0.25, -0.2) is 4.39 Å². The van der Waals surface area contributed by atoms with E-state index in [0.717, 1.165) is 16.6 Å². The molecule has 2 nitrogen and oxygen atoms in total. The molecule has 0 atom stereocenters. The van der Waals surface area contributed by atoms with Crippen LogP contribution in [0.15, 0.2) is 54.9 Å². The first-order valence-corrected chi connectivity index (χ1v) is 6.56. The van der Waals surface area contributed by atoms with E-state index in [2.05, 4.69) is 16.4 Å². The summed E-state index contributed by atoms with van der Waals surface area (Å²) in [6.45, 7) is 2.40. The predicted octanol–water partition coefficient (Wildman–Crippen LogP) is 4.29. The Labute approximate surface area is 117 Å². The van der Waals surface area contributed by atoms with Crippen molar-refractivity contribution in [2.24, 2.45) is 0 Å². The molecule has 0 saturated carbocycles. The molecule has 0 aliphatic heterocycles. The maximum atomic E-state index is 13.5. The van der Waals surface area contributed by atoms with Gasteiger partial charge >= 0.3 is 0 Å². The van der Waals surface area contributed by atoms with Crippen molar-refractivity contribution in [3.63, 3.8) is 0 Å². The largest absolute Gasteiger partial charge is 0.381 e. The molecule has 1 heterocycles. The van der Waals surface area contributed by atoms with E-state index in [4.69, 9.17) is 0 Å². The summed E-state index contributed by atoms with van der Waals surface area (Å²) in [4.78, 5) is 4.25. The summed E-state index contributed by atoms with van der Waals surface area (Å²) in [6.07, 6.45) is 3.70. The first-order valence-electron chi connectivity index (χ1n) is 6.56. The second-order valence-corrected chi connectivity index (χ2v) is 4.79. The summed E-state index contributed by atoms with van der Waals surface area (Å²) >= 11 is 0. The number of fused-ring (bicyclic) bond motifs is 1. The van der Waals surface area contributed by atoms with Crippen molar-refractivity contribution in [2.75, 3.05) is 5.32 Å². The van der Waals surface area contributed by atoms with Gasteiger partial charge in [0.25, 0.3) is 0 Å². The van der Waals surface area contributed by atoms with E-state index >= 15 is 0 Å². The maximum Gasteiger partial charge on any atom is 0.128 e. The smallest absolute Gasteiger partial charge is 0.128 e. The molecule has 0 saturated heterocycles. The van der Waals surface area contributed by atoms with Crippen LogP contribution < -0.4 is 5.32 Å². The number of aromatic nitrogens is 1. The van der Waals surface area contributed by atoms with Gasteiger partial charge in [0.15, 0.2) is 0 Å². The fraction of sp³-hybridized carbons (Fsp3) is 0.118. The summed E-state index contributed by atoms with van der Waals surface area (Å²) in [5.41, 5.74) is 2.56. The topological polar surface area (TPSA) is 24.9 Å². The molecule has 0 unspecified atom stereocenters. The lowest BCUT2D eigenvalue weighted by Crippen LogP contribution is -2.03. The summed E-state index contributed by atoms with van der Waals surface area (Å²) in [5, 5.41) is 5.57. The minimum atomic E-state index is -0.189. The number of nitrogens with one attached hydrogen (secondary N) is 1. The van der Waals surface area contributed by atoms with Gasteiger partial charge < -0.3 is 5.32 Å². The highest BCUT2D eigenvalue weighted by Crippen LogP contribution is 2.21. The predicted molar refractivity (Wildman–Crippen MR) is 80.2 cm³/mol. The summed E-state index contributed by atoms with van der Waals surface area (Å²) in [6, 6.07) is 13.2. The van der Waals surface area contributed by atoms with Crippen molar-refractivity contribution in [3.8, 4) is 0 Å². The molecule has 2 aromatic carbocycles. The van der Waals surface area contributed by atoms with Crippen molar-refractivity contribution in [3.05, 3.63) is 71.8 Å². The van der Waals surface area contributed by atoms with Crippen LogP contribution in [0.25, 0.3) is 10.8 Å². The Balaban J connectivity index is 1.89. The van der Waals surface area contributed by atoms with Gasteiger partial charge in [0.2, 0.25) is 0 Å². The van der Waals surface area contributed by atoms with E-state index in [1.807, 2.05) is 36.7 Å². The van der Waals surface area contributed by atoms with E-state index in [1.165, 1.54) is 11.5 Å². The SMILES string of the molecule is Cc1c(F)cccc1NCc1cncc2ccccc12. The fourth-order valence-corrected chi connectivity index (χ4v) is 2.31. The number of hydrogen-bond acceptors (Lipinski definition) is 2. The average Bonchev–Trinajstić information content (AvgIpc) is 2.49. The normalized spacial score (nSPS) is 10.7. The molecule has 0 radical (unpaired) electrons. The van der Waals surface area contributed by atoms with E-state index in [-0.39, 0.29) is 5.82 Å². The minimum absolute atomic E-state index is 0.189. The number of nitrogens with zero attached hydrogens (tertiary/aromatic N) is 1. The number of anilines is 1. The molecule has 3 aromatic rings. The van der Waals surface area contributed by atoms with Gasteiger partial charge in [-0.1, -0.05) is 30.3 Å². The second kappa shape index (κ2) is 5.29. The minimum Gasteiger partial charge on any atom is -0.381 e. The highest BCUT2D eigenvalue weighted by molar-refractivity contribution is 5.84. The Morgan fingerprint density at radius 2 is 1.90 bits per heavy atom. The molecule has 20 heavy (non-hydrogen) atoms. The van der Waals surface area contributed by atoms with Crippen LogP contribution >= 0.6 is 0 Å². The lowest BCUT2D eigenvalue weighted by molar-refractivity contribution is 0.619. The van der Waals surface area contributed by atoms with E-state index in [9.17, 15) is 4.39 Å². The molecule has 100 valence electrons. The zero-order chi connectivity index (χ0) is 13.9. The Morgan fingerprint density at radius 3 is 2.80 bits per heavy atom. The number of pyridine rings is 1. The van der Waals surface area contributed by atoms with Gasteiger partial charge in [-0.2, -0.15) is 0 Å². The Morgan fingerprint density at radius 1 is 1.05 bits per heavy atom. The van der Waals surface area contributed by atoms with Gasteiger partial charge in [0.05, 0.1) is 0 Å². The Kier molecular flexibility index (Phi) is 3.33. The van der Waals surface area contributed by atoms with Crippen molar-refractivity contribution in [1.82, 2.24) is 4.98 Å². The van der Waals surface area contributed by atoms with E-state index in [0.29, 0.717) is 12.1 Å². The fourth-order valence-electron chi connectivity index (χ4n) is 2.31. The lowest BCUT2D eigenvalue weighted by Gasteiger charge is -2.11. The molecule has 0 amide bonds. The summed E-state index contributed by atoms with van der Waals surface area (Å²) in [5.74, 6) is -0.189. The Bertz CT molecular complexity index is 748. The maximum absolute atomic E-state index is 13.5. The number of halogens is 1. The number of benzene rings is 2. The van der Waals surface area contributed by atoms with Gasteiger partial charge in [0.1, 0.15) is 5.82 Å². The molecule has 0 spiro atoms. The molecule has 3 heteroatoms. The third kappa shape index (κ3) is 2.35. The van der Waals surface area contributed by atoms with Crippen LogP contribution in [-0.4, -0.2) is 4.98 Å². The van der Waals surface area contributed by atoms with Crippen LogP contribution in [0.5, 0.6) is 0 Å². The van der Waals surface area contributed by atoms with Crippen LogP contribution in [0.2, 0.25) is 0 Å². The zero-order valence-corrected chi connectivity index (χ0v) is 11.2. The van der Waals surface area contributed by atoms with E-state index < -0.39 is 0 Å². The third-order valence-electron chi connectivity index (χ3n) is 3.49. The highest BCUT2D eigenvalue weighted by Gasteiger charge is 2.05. The first-order chi connectivity index (χ1) is 9.75. The molecule has 1 aromatic heterocycles. The number of rotatable bonds is 3. The number of hydrogen-bond donors (Lipinski definition) is 1. The zero-order valence-electron chi connectivity index (χ0n) is 11.2.